The van der Waals surface area contributed by atoms with Crippen molar-refractivity contribution in [2.75, 3.05) is 13.6 Å². The molecule has 0 aromatic rings. The maximum absolute atomic E-state index is 11.7. The minimum absolute atomic E-state index is 0.213. The Balaban J connectivity index is 2.04. The summed E-state index contributed by atoms with van der Waals surface area (Å²) in [6.07, 6.45) is 13.5. The first-order chi connectivity index (χ1) is 9.16. The van der Waals surface area contributed by atoms with Gasteiger partial charge in [-0.2, -0.15) is 0 Å². The summed E-state index contributed by atoms with van der Waals surface area (Å²) < 4.78 is 0. The van der Waals surface area contributed by atoms with Crippen LogP contribution in [0.3, 0.4) is 0 Å². The molecule has 1 fully saturated rings. The lowest BCUT2D eigenvalue weighted by Crippen LogP contribution is -2.35. The van der Waals surface area contributed by atoms with Crippen LogP contribution in [0.5, 0.6) is 0 Å². The fourth-order valence-electron chi connectivity index (χ4n) is 3.51. The zero-order chi connectivity index (χ0) is 14.1. The topological polar surface area (TPSA) is 20.3 Å². The third-order valence-electron chi connectivity index (χ3n) is 4.62. The second-order valence-electron chi connectivity index (χ2n) is 6.35. The van der Waals surface area contributed by atoms with E-state index >= 15 is 0 Å². The summed E-state index contributed by atoms with van der Waals surface area (Å²) in [5, 5.41) is 0. The van der Waals surface area contributed by atoms with Crippen molar-refractivity contribution in [3.63, 3.8) is 0 Å². The molecule has 1 unspecified atom stereocenters. The summed E-state index contributed by atoms with van der Waals surface area (Å²) in [5.41, 5.74) is 0. The molecular weight excluding hydrogens is 234 g/mol. The van der Waals surface area contributed by atoms with Crippen LogP contribution < -0.4 is 0 Å². The number of carbonyl (C=O) groups excluding carboxylic acids is 1. The molecule has 0 bridgehead atoms. The van der Waals surface area contributed by atoms with Crippen LogP contribution in [0.1, 0.15) is 78.1 Å². The second kappa shape index (κ2) is 9.52. The number of nitrogens with zero attached hydrogens (tertiary/aromatic N) is 1. The first-order valence-corrected chi connectivity index (χ1v) is 8.37. The van der Waals surface area contributed by atoms with Crippen molar-refractivity contribution < 1.29 is 4.79 Å². The molecule has 0 amide bonds. The Morgan fingerprint density at radius 3 is 2.21 bits per heavy atom. The molecule has 0 N–H and O–H groups in total. The van der Waals surface area contributed by atoms with E-state index in [0.29, 0.717) is 11.7 Å². The molecule has 0 radical (unpaired) electrons. The van der Waals surface area contributed by atoms with Crippen molar-refractivity contribution in [1.29, 1.82) is 0 Å². The van der Waals surface area contributed by atoms with E-state index in [1.165, 1.54) is 64.2 Å². The molecule has 0 saturated carbocycles. The van der Waals surface area contributed by atoms with Crippen molar-refractivity contribution in [2.24, 2.45) is 5.92 Å². The molecule has 0 aromatic carbocycles. The van der Waals surface area contributed by atoms with Crippen molar-refractivity contribution in [3.05, 3.63) is 0 Å². The Morgan fingerprint density at radius 1 is 1.05 bits per heavy atom. The fraction of sp³-hybridized carbons (Fsp3) is 0.941. The first-order valence-electron chi connectivity index (χ1n) is 8.37. The van der Waals surface area contributed by atoms with Gasteiger partial charge in [0.1, 0.15) is 5.78 Å². The minimum atomic E-state index is 0.213. The van der Waals surface area contributed by atoms with Crippen LogP contribution >= 0.6 is 0 Å². The van der Waals surface area contributed by atoms with E-state index in [2.05, 4.69) is 18.9 Å². The van der Waals surface area contributed by atoms with E-state index in [-0.39, 0.29) is 6.04 Å². The predicted molar refractivity (Wildman–Crippen MR) is 82.4 cm³/mol. The van der Waals surface area contributed by atoms with E-state index in [1.54, 1.807) is 6.92 Å². The molecule has 1 heterocycles. The summed E-state index contributed by atoms with van der Waals surface area (Å²) in [6, 6.07) is 0.213. The Hall–Kier alpha value is -0.370. The zero-order valence-corrected chi connectivity index (χ0v) is 13.3. The molecule has 2 atom stereocenters. The largest absolute Gasteiger partial charge is 0.298 e. The molecule has 0 aromatic heterocycles. The van der Waals surface area contributed by atoms with Gasteiger partial charge in [0.05, 0.1) is 6.04 Å². The lowest BCUT2D eigenvalue weighted by molar-refractivity contribution is -0.121. The Morgan fingerprint density at radius 2 is 1.63 bits per heavy atom. The Labute approximate surface area is 119 Å². The van der Waals surface area contributed by atoms with Crippen molar-refractivity contribution in [3.8, 4) is 0 Å². The predicted octanol–water partition coefficient (Wildman–Crippen LogP) is 4.43. The SMILES string of the molecule is CCCCCCCCCCC1CCN(C)[C@@H]1C(C)=O. The number of hydrogen-bond donors (Lipinski definition) is 0. The first kappa shape index (κ1) is 16.7. The van der Waals surface area contributed by atoms with Gasteiger partial charge in [0.2, 0.25) is 0 Å². The highest BCUT2D eigenvalue weighted by Crippen LogP contribution is 2.28. The molecule has 112 valence electrons. The lowest BCUT2D eigenvalue weighted by Gasteiger charge is -2.22. The van der Waals surface area contributed by atoms with Gasteiger partial charge in [0.25, 0.3) is 0 Å². The number of ketones is 1. The maximum atomic E-state index is 11.7. The maximum Gasteiger partial charge on any atom is 0.147 e. The number of hydrogen-bond acceptors (Lipinski definition) is 2. The van der Waals surface area contributed by atoms with E-state index in [9.17, 15) is 4.79 Å². The number of likely N-dealkylation sites (N-methyl/N-ethyl adjacent to an activating group) is 1. The van der Waals surface area contributed by atoms with Crippen LogP contribution in [0.25, 0.3) is 0 Å². The molecule has 19 heavy (non-hydrogen) atoms. The van der Waals surface area contributed by atoms with Crippen LogP contribution in [0.15, 0.2) is 0 Å². The highest BCUT2D eigenvalue weighted by atomic mass is 16.1. The highest BCUT2D eigenvalue weighted by molar-refractivity contribution is 5.82. The Kier molecular flexibility index (Phi) is 8.36. The average Bonchev–Trinajstić information content (AvgIpc) is 2.74. The molecule has 1 aliphatic rings. The summed E-state index contributed by atoms with van der Waals surface area (Å²) in [7, 11) is 2.10. The fourth-order valence-corrected chi connectivity index (χ4v) is 3.51. The van der Waals surface area contributed by atoms with E-state index in [4.69, 9.17) is 0 Å². The molecule has 2 heteroatoms. The second-order valence-corrected chi connectivity index (χ2v) is 6.35. The third kappa shape index (κ3) is 6.07. The van der Waals surface area contributed by atoms with Gasteiger partial charge in [0, 0.05) is 0 Å². The number of likely N-dealkylation sites (tertiary alicyclic amines) is 1. The third-order valence-corrected chi connectivity index (χ3v) is 4.62. The molecule has 1 rings (SSSR count). The minimum Gasteiger partial charge on any atom is -0.298 e. The Bertz CT molecular complexity index is 252. The van der Waals surface area contributed by atoms with Crippen LogP contribution in [0, 0.1) is 5.92 Å². The van der Waals surface area contributed by atoms with Gasteiger partial charge in [-0.1, -0.05) is 58.3 Å². The quantitative estimate of drug-likeness (QED) is 0.546. The van der Waals surface area contributed by atoms with Gasteiger partial charge in [-0.3, -0.25) is 9.69 Å². The molecule has 0 aliphatic carbocycles. The summed E-state index contributed by atoms with van der Waals surface area (Å²) >= 11 is 0. The van der Waals surface area contributed by atoms with Crippen molar-refractivity contribution >= 4 is 5.78 Å². The smallest absolute Gasteiger partial charge is 0.147 e. The lowest BCUT2D eigenvalue weighted by atomic mass is 9.91. The van der Waals surface area contributed by atoms with Gasteiger partial charge in [-0.15, -0.1) is 0 Å². The molecular formula is C17H33NO. The van der Waals surface area contributed by atoms with Crippen LogP contribution in [0.4, 0.5) is 0 Å². The van der Waals surface area contributed by atoms with Crippen molar-refractivity contribution in [2.45, 2.75) is 84.1 Å². The normalized spacial score (nSPS) is 23.9. The number of Topliss-reactive ketones (excluding diaryl/α,β-unsaturated/α-hetero) is 1. The highest BCUT2D eigenvalue weighted by Gasteiger charge is 2.34. The molecule has 1 aliphatic heterocycles. The van der Waals surface area contributed by atoms with Gasteiger partial charge in [0.15, 0.2) is 0 Å². The van der Waals surface area contributed by atoms with Crippen LogP contribution in [-0.4, -0.2) is 30.3 Å². The van der Waals surface area contributed by atoms with Gasteiger partial charge < -0.3 is 0 Å². The standard InChI is InChI=1S/C17H33NO/c1-4-5-6-7-8-9-10-11-12-16-13-14-18(3)17(16)15(2)19/h16-17H,4-14H2,1-3H3/t16?,17-/m1/s1. The monoisotopic (exact) mass is 267 g/mol. The average molecular weight is 267 g/mol. The molecule has 2 nitrogen and oxygen atoms in total. The van der Waals surface area contributed by atoms with Crippen molar-refractivity contribution in [1.82, 2.24) is 4.90 Å². The number of carbonyl (C=O) groups is 1. The van der Waals surface area contributed by atoms with E-state index < -0.39 is 0 Å². The van der Waals surface area contributed by atoms with Crippen LogP contribution in [-0.2, 0) is 4.79 Å². The van der Waals surface area contributed by atoms with Gasteiger partial charge in [-0.05, 0) is 39.3 Å². The van der Waals surface area contributed by atoms with E-state index in [1.807, 2.05) is 0 Å². The zero-order valence-electron chi connectivity index (χ0n) is 13.3. The summed E-state index contributed by atoms with van der Waals surface area (Å²) in [6.45, 7) is 5.13. The number of rotatable bonds is 10. The van der Waals surface area contributed by atoms with E-state index in [0.717, 1.165) is 6.54 Å². The van der Waals surface area contributed by atoms with Crippen LogP contribution in [0.2, 0.25) is 0 Å². The molecule has 1 saturated heterocycles. The van der Waals surface area contributed by atoms with Gasteiger partial charge >= 0.3 is 0 Å². The summed E-state index contributed by atoms with van der Waals surface area (Å²) in [5.74, 6) is 0.993. The number of unbranched alkanes of at least 4 members (excludes halogenated alkanes) is 7. The molecule has 0 spiro atoms. The van der Waals surface area contributed by atoms with Gasteiger partial charge in [-0.25, -0.2) is 0 Å². The summed E-state index contributed by atoms with van der Waals surface area (Å²) in [4.78, 5) is 13.9.